The Kier molecular flexibility index (Phi) is 7.08. The molecule has 6 unspecified atom stereocenters. The molecule has 5 fully saturated rings. The van der Waals surface area contributed by atoms with E-state index >= 15 is 0 Å². The minimum Gasteiger partial charge on any atom is -0.458 e. The number of hydrogen-bond donors (Lipinski definition) is 1. The van der Waals surface area contributed by atoms with E-state index in [1.54, 1.807) is 27.7 Å². The Morgan fingerprint density at radius 2 is 1.65 bits per heavy atom. The summed E-state index contributed by atoms with van der Waals surface area (Å²) in [5.41, 5.74) is -3.55. The smallest absolute Gasteiger partial charge is 0.351 e. The molecule has 0 aromatic rings. The maximum absolute atomic E-state index is 13.7. The van der Waals surface area contributed by atoms with Gasteiger partial charge < -0.3 is 19.3 Å². The SMILES string of the molecule is CCC(CC(C)C(=O)OC1(C)CC(C)(C)OC1=O)C(=O)OC(C)(C(C)C)C12CC3CC(CC(O)(C3)C1)C2. The zero-order valence-corrected chi connectivity index (χ0v) is 24.1. The van der Waals surface area contributed by atoms with Crippen LogP contribution in [0.3, 0.4) is 0 Å². The van der Waals surface area contributed by atoms with Crippen LogP contribution < -0.4 is 0 Å². The molecule has 0 aromatic carbocycles. The van der Waals surface area contributed by atoms with E-state index in [9.17, 15) is 19.5 Å². The van der Waals surface area contributed by atoms with Gasteiger partial charge in [-0.2, -0.15) is 0 Å². The Balaban J connectivity index is 1.45. The second-order valence-electron chi connectivity index (χ2n) is 14.4. The molecule has 4 saturated carbocycles. The Bertz CT molecular complexity index is 924. The average molecular weight is 521 g/mol. The van der Waals surface area contributed by atoms with Crippen molar-refractivity contribution in [3.63, 3.8) is 0 Å². The van der Waals surface area contributed by atoms with Crippen LogP contribution in [-0.4, -0.2) is 45.4 Å². The summed E-state index contributed by atoms with van der Waals surface area (Å²) >= 11 is 0. The van der Waals surface area contributed by atoms with Crippen molar-refractivity contribution in [2.75, 3.05) is 0 Å². The van der Waals surface area contributed by atoms with Crippen LogP contribution in [0.25, 0.3) is 0 Å². The molecule has 210 valence electrons. The quantitative estimate of drug-likeness (QED) is 0.323. The lowest BCUT2D eigenvalue weighted by Gasteiger charge is -2.65. The standard InChI is InChI=1S/C30H48O7/c1-9-22(10-19(4)23(31)35-27(7)16-26(5,6)37-25(27)33)24(32)36-28(8,18(2)3)29-12-20-11-21(13-29)15-30(34,14-20)17-29/h18-22,34H,9-17H2,1-8H3. The van der Waals surface area contributed by atoms with Crippen LogP contribution in [0.2, 0.25) is 0 Å². The van der Waals surface area contributed by atoms with Crippen molar-refractivity contribution in [2.45, 2.75) is 136 Å². The predicted octanol–water partition coefficient (Wildman–Crippen LogP) is 5.36. The fraction of sp³-hybridized carbons (Fsp3) is 0.900. The van der Waals surface area contributed by atoms with Gasteiger partial charge in [0.25, 0.3) is 0 Å². The van der Waals surface area contributed by atoms with Gasteiger partial charge in [0.15, 0.2) is 0 Å². The van der Waals surface area contributed by atoms with E-state index < -0.39 is 46.2 Å². The zero-order valence-electron chi connectivity index (χ0n) is 24.1. The highest BCUT2D eigenvalue weighted by molar-refractivity contribution is 5.86. The van der Waals surface area contributed by atoms with Gasteiger partial charge >= 0.3 is 17.9 Å². The number of hydrogen-bond acceptors (Lipinski definition) is 7. The molecule has 1 N–H and O–H groups in total. The topological polar surface area (TPSA) is 99.1 Å². The summed E-state index contributed by atoms with van der Waals surface area (Å²) in [4.78, 5) is 39.0. The fourth-order valence-electron chi connectivity index (χ4n) is 8.56. The number of rotatable bonds is 9. The molecule has 37 heavy (non-hydrogen) atoms. The monoisotopic (exact) mass is 520 g/mol. The molecule has 6 atom stereocenters. The first-order chi connectivity index (χ1) is 17.0. The van der Waals surface area contributed by atoms with Crippen molar-refractivity contribution in [1.82, 2.24) is 0 Å². The van der Waals surface area contributed by atoms with Crippen LogP contribution in [0.4, 0.5) is 0 Å². The summed E-state index contributed by atoms with van der Waals surface area (Å²) in [6, 6.07) is 0. The Labute approximate surface area is 222 Å². The van der Waals surface area contributed by atoms with Crippen LogP contribution >= 0.6 is 0 Å². The molecular weight excluding hydrogens is 472 g/mol. The maximum Gasteiger partial charge on any atom is 0.351 e. The minimum absolute atomic E-state index is 0.0906. The second kappa shape index (κ2) is 9.24. The molecule has 7 nitrogen and oxygen atoms in total. The van der Waals surface area contributed by atoms with Crippen molar-refractivity contribution in [3.05, 3.63) is 0 Å². The highest BCUT2D eigenvalue weighted by atomic mass is 16.6. The zero-order chi connectivity index (χ0) is 27.6. The Morgan fingerprint density at radius 1 is 1.05 bits per heavy atom. The molecule has 5 aliphatic rings. The van der Waals surface area contributed by atoms with Crippen molar-refractivity contribution in [3.8, 4) is 0 Å². The van der Waals surface area contributed by atoms with E-state index in [-0.39, 0.29) is 17.3 Å². The van der Waals surface area contributed by atoms with Gasteiger partial charge in [-0.1, -0.05) is 27.7 Å². The van der Waals surface area contributed by atoms with Crippen LogP contribution in [0.5, 0.6) is 0 Å². The lowest BCUT2D eigenvalue weighted by molar-refractivity contribution is -0.249. The van der Waals surface area contributed by atoms with Gasteiger partial charge in [0.2, 0.25) is 5.60 Å². The molecule has 0 spiro atoms. The first-order valence-electron chi connectivity index (χ1n) is 14.4. The third-order valence-corrected chi connectivity index (χ3v) is 10.3. The summed E-state index contributed by atoms with van der Waals surface area (Å²) in [6.07, 6.45) is 6.73. The van der Waals surface area contributed by atoms with Crippen molar-refractivity contribution >= 4 is 17.9 Å². The van der Waals surface area contributed by atoms with Gasteiger partial charge in [0.1, 0.15) is 11.2 Å². The fourth-order valence-corrected chi connectivity index (χ4v) is 8.56. The first-order valence-corrected chi connectivity index (χ1v) is 14.4. The number of cyclic esters (lactones) is 1. The third kappa shape index (κ3) is 5.06. The summed E-state index contributed by atoms with van der Waals surface area (Å²) in [5, 5.41) is 11.3. The van der Waals surface area contributed by atoms with E-state index in [4.69, 9.17) is 14.2 Å². The number of ether oxygens (including phenoxy) is 3. The van der Waals surface area contributed by atoms with E-state index in [1.165, 1.54) is 6.42 Å². The average Bonchev–Trinajstić information content (AvgIpc) is 2.95. The Hall–Kier alpha value is -1.63. The molecule has 4 aliphatic carbocycles. The molecular formula is C30H48O7. The van der Waals surface area contributed by atoms with Gasteiger partial charge in [0.05, 0.1) is 17.4 Å². The summed E-state index contributed by atoms with van der Waals surface area (Å²) < 4.78 is 17.5. The number of carbonyl (C=O) groups is 3. The van der Waals surface area contributed by atoms with Gasteiger partial charge in [0, 0.05) is 11.8 Å². The number of carbonyl (C=O) groups excluding carboxylic acids is 3. The van der Waals surface area contributed by atoms with Crippen molar-refractivity contribution in [1.29, 1.82) is 0 Å². The number of esters is 3. The van der Waals surface area contributed by atoms with Gasteiger partial charge in [-0.05, 0) is 96.8 Å². The molecule has 4 bridgehead atoms. The molecule has 0 amide bonds. The molecule has 5 rings (SSSR count). The normalized spacial score (nSPS) is 39.1. The largest absolute Gasteiger partial charge is 0.458 e. The lowest BCUT2D eigenvalue weighted by Crippen LogP contribution is -2.65. The predicted molar refractivity (Wildman–Crippen MR) is 138 cm³/mol. The highest BCUT2D eigenvalue weighted by Gasteiger charge is 2.65. The second-order valence-corrected chi connectivity index (χ2v) is 14.4. The van der Waals surface area contributed by atoms with E-state index in [0.29, 0.717) is 37.5 Å². The van der Waals surface area contributed by atoms with Gasteiger partial charge in [-0.15, -0.1) is 0 Å². The van der Waals surface area contributed by atoms with Crippen LogP contribution in [0.15, 0.2) is 0 Å². The summed E-state index contributed by atoms with van der Waals surface area (Å²) in [5.74, 6) is -1.27. The van der Waals surface area contributed by atoms with Gasteiger partial charge in [-0.25, -0.2) is 4.79 Å². The van der Waals surface area contributed by atoms with Crippen molar-refractivity contribution < 1.29 is 33.7 Å². The van der Waals surface area contributed by atoms with Crippen LogP contribution in [0, 0.1) is 35.0 Å². The molecule has 1 aliphatic heterocycles. The van der Waals surface area contributed by atoms with E-state index in [1.807, 2.05) is 6.92 Å². The van der Waals surface area contributed by atoms with Crippen LogP contribution in [0.1, 0.15) is 113 Å². The van der Waals surface area contributed by atoms with E-state index in [2.05, 4.69) is 20.8 Å². The highest BCUT2D eigenvalue weighted by Crippen LogP contribution is 2.67. The van der Waals surface area contributed by atoms with Crippen LogP contribution in [-0.2, 0) is 28.6 Å². The molecule has 7 heteroatoms. The number of aliphatic hydroxyl groups is 1. The Morgan fingerprint density at radius 3 is 2.11 bits per heavy atom. The van der Waals surface area contributed by atoms with E-state index in [0.717, 1.165) is 25.7 Å². The molecule has 1 saturated heterocycles. The molecule has 0 aromatic heterocycles. The first kappa shape index (κ1) is 28.4. The van der Waals surface area contributed by atoms with Crippen molar-refractivity contribution in [2.24, 2.45) is 35.0 Å². The third-order valence-electron chi connectivity index (χ3n) is 10.3. The summed E-state index contributed by atoms with van der Waals surface area (Å²) in [7, 11) is 0. The molecule has 0 radical (unpaired) electrons. The van der Waals surface area contributed by atoms with Gasteiger partial charge in [-0.3, -0.25) is 9.59 Å². The maximum atomic E-state index is 13.7. The lowest BCUT2D eigenvalue weighted by atomic mass is 9.43. The minimum atomic E-state index is -1.31. The molecule has 1 heterocycles. The summed E-state index contributed by atoms with van der Waals surface area (Å²) in [6.45, 7) is 15.2.